The van der Waals surface area contributed by atoms with Crippen molar-refractivity contribution in [2.75, 3.05) is 6.61 Å². The van der Waals surface area contributed by atoms with Crippen LogP contribution in [0, 0.1) is 0 Å². The van der Waals surface area contributed by atoms with Crippen LogP contribution in [0.5, 0.6) is 0 Å². The molecule has 2 aliphatic rings. The SMILES string of the molecule is C=CCOC(=O)C1=C(C)N[C@@]2(O)c3ccccc3C(=O)[C@@]12O. The average molecular weight is 301 g/mol. The van der Waals surface area contributed by atoms with Gasteiger partial charge in [0, 0.05) is 16.8 Å². The number of hydrogen-bond donors (Lipinski definition) is 3. The number of nitrogens with one attached hydrogen (secondary N) is 1. The first-order valence-electron chi connectivity index (χ1n) is 6.74. The summed E-state index contributed by atoms with van der Waals surface area (Å²) in [7, 11) is 0. The van der Waals surface area contributed by atoms with Gasteiger partial charge in [-0.25, -0.2) is 4.79 Å². The van der Waals surface area contributed by atoms with Crippen LogP contribution in [0.15, 0.2) is 48.2 Å². The maximum Gasteiger partial charge on any atom is 0.339 e. The molecule has 0 saturated heterocycles. The molecule has 0 saturated carbocycles. The number of fused-ring (bicyclic) bond motifs is 3. The predicted molar refractivity (Wildman–Crippen MR) is 76.6 cm³/mol. The quantitative estimate of drug-likeness (QED) is 0.551. The molecule has 0 unspecified atom stereocenters. The molecule has 3 N–H and O–H groups in total. The Labute approximate surface area is 126 Å². The van der Waals surface area contributed by atoms with E-state index in [1.54, 1.807) is 12.1 Å². The molecular formula is C16H15NO5. The van der Waals surface area contributed by atoms with Gasteiger partial charge in [0.15, 0.2) is 0 Å². The highest BCUT2D eigenvalue weighted by Gasteiger charge is 2.70. The summed E-state index contributed by atoms with van der Waals surface area (Å²) >= 11 is 0. The smallest absolute Gasteiger partial charge is 0.339 e. The minimum absolute atomic E-state index is 0.0642. The fourth-order valence-electron chi connectivity index (χ4n) is 3.12. The molecule has 3 rings (SSSR count). The largest absolute Gasteiger partial charge is 0.458 e. The van der Waals surface area contributed by atoms with Gasteiger partial charge in [-0.15, -0.1) is 0 Å². The fraction of sp³-hybridized carbons (Fsp3) is 0.250. The summed E-state index contributed by atoms with van der Waals surface area (Å²) in [4.78, 5) is 24.8. The van der Waals surface area contributed by atoms with E-state index in [2.05, 4.69) is 11.9 Å². The highest BCUT2D eigenvalue weighted by atomic mass is 16.5. The minimum atomic E-state index is -2.40. The molecule has 114 valence electrons. The van der Waals surface area contributed by atoms with Crippen LogP contribution in [0.4, 0.5) is 0 Å². The van der Waals surface area contributed by atoms with E-state index in [0.717, 1.165) is 0 Å². The van der Waals surface area contributed by atoms with Gasteiger partial charge < -0.3 is 20.3 Å². The lowest BCUT2D eigenvalue weighted by Gasteiger charge is -2.31. The van der Waals surface area contributed by atoms with Crippen molar-refractivity contribution < 1.29 is 24.5 Å². The monoisotopic (exact) mass is 301 g/mol. The van der Waals surface area contributed by atoms with Crippen molar-refractivity contribution in [3.63, 3.8) is 0 Å². The van der Waals surface area contributed by atoms with Crippen molar-refractivity contribution in [2.24, 2.45) is 0 Å². The molecule has 0 bridgehead atoms. The van der Waals surface area contributed by atoms with Gasteiger partial charge in [0.1, 0.15) is 12.2 Å². The van der Waals surface area contributed by atoms with Crippen LogP contribution in [0.3, 0.4) is 0 Å². The molecule has 6 heteroatoms. The van der Waals surface area contributed by atoms with Crippen molar-refractivity contribution in [3.05, 3.63) is 59.3 Å². The molecule has 1 aromatic rings. The second-order valence-electron chi connectivity index (χ2n) is 5.31. The van der Waals surface area contributed by atoms with Gasteiger partial charge in [0.05, 0.1) is 0 Å². The molecule has 2 atom stereocenters. The summed E-state index contributed by atoms with van der Waals surface area (Å²) in [5.74, 6) is -1.61. The van der Waals surface area contributed by atoms with E-state index in [1.165, 1.54) is 25.1 Å². The van der Waals surface area contributed by atoms with Crippen LogP contribution in [-0.2, 0) is 15.3 Å². The van der Waals surface area contributed by atoms with Crippen LogP contribution in [0.1, 0.15) is 22.8 Å². The summed E-state index contributed by atoms with van der Waals surface area (Å²) in [5.41, 5.74) is -4.17. The Bertz CT molecular complexity index is 738. The van der Waals surface area contributed by atoms with Crippen LogP contribution < -0.4 is 5.32 Å². The van der Waals surface area contributed by atoms with E-state index < -0.39 is 23.1 Å². The van der Waals surface area contributed by atoms with Gasteiger partial charge in [-0.3, -0.25) is 4.79 Å². The highest BCUT2D eigenvalue weighted by Crippen LogP contribution is 2.51. The van der Waals surface area contributed by atoms with E-state index in [4.69, 9.17) is 4.74 Å². The summed E-state index contributed by atoms with van der Waals surface area (Å²) in [6, 6.07) is 6.29. The molecule has 6 nitrogen and oxygen atoms in total. The Morgan fingerprint density at radius 3 is 2.77 bits per heavy atom. The number of allylic oxidation sites excluding steroid dienone is 1. The summed E-state index contributed by atoms with van der Waals surface area (Å²) in [6.45, 7) is 4.87. The van der Waals surface area contributed by atoms with Crippen LogP contribution in [-0.4, -0.2) is 34.2 Å². The molecule has 1 aliphatic carbocycles. The van der Waals surface area contributed by atoms with Gasteiger partial charge in [-0.2, -0.15) is 0 Å². The average Bonchev–Trinajstić information content (AvgIpc) is 2.80. The van der Waals surface area contributed by atoms with E-state index in [0.29, 0.717) is 0 Å². The molecule has 0 spiro atoms. The normalized spacial score (nSPS) is 29.0. The molecule has 1 aliphatic heterocycles. The summed E-state index contributed by atoms with van der Waals surface area (Å²) in [6.07, 6.45) is 1.37. The topological polar surface area (TPSA) is 95.9 Å². The highest BCUT2D eigenvalue weighted by molar-refractivity contribution is 6.16. The maximum absolute atomic E-state index is 12.6. The lowest BCUT2D eigenvalue weighted by Crippen LogP contribution is -2.56. The zero-order chi connectivity index (χ0) is 16.1. The Balaban J connectivity index is 2.14. The Hall–Kier alpha value is -2.44. The third-order valence-electron chi connectivity index (χ3n) is 4.06. The first-order valence-corrected chi connectivity index (χ1v) is 6.74. The van der Waals surface area contributed by atoms with Crippen LogP contribution in [0.25, 0.3) is 0 Å². The Morgan fingerprint density at radius 2 is 2.09 bits per heavy atom. The Kier molecular flexibility index (Phi) is 2.98. The van der Waals surface area contributed by atoms with Gasteiger partial charge in [0.25, 0.3) is 0 Å². The number of rotatable bonds is 3. The lowest BCUT2D eigenvalue weighted by molar-refractivity contribution is -0.145. The van der Waals surface area contributed by atoms with Crippen molar-refractivity contribution >= 4 is 11.8 Å². The molecule has 0 radical (unpaired) electrons. The van der Waals surface area contributed by atoms with Crippen LogP contribution >= 0.6 is 0 Å². The first-order chi connectivity index (χ1) is 10.4. The van der Waals surface area contributed by atoms with Crippen LogP contribution in [0.2, 0.25) is 0 Å². The molecule has 0 aromatic heterocycles. The molecule has 1 aromatic carbocycles. The fourth-order valence-corrected chi connectivity index (χ4v) is 3.12. The number of esters is 1. The van der Waals surface area contributed by atoms with Gasteiger partial charge in [-0.05, 0) is 6.92 Å². The number of aliphatic hydroxyl groups is 2. The molecular weight excluding hydrogens is 286 g/mol. The summed E-state index contributed by atoms with van der Waals surface area (Å²) < 4.78 is 4.93. The minimum Gasteiger partial charge on any atom is -0.458 e. The zero-order valence-electron chi connectivity index (χ0n) is 11.9. The maximum atomic E-state index is 12.6. The van der Waals surface area contributed by atoms with E-state index in [1.807, 2.05) is 0 Å². The van der Waals surface area contributed by atoms with Gasteiger partial charge >= 0.3 is 5.97 Å². The molecule has 0 amide bonds. The third kappa shape index (κ3) is 1.51. The van der Waals surface area contributed by atoms with E-state index in [-0.39, 0.29) is 29.0 Å². The van der Waals surface area contributed by atoms with Gasteiger partial charge in [-0.1, -0.05) is 36.9 Å². The van der Waals surface area contributed by atoms with Crippen molar-refractivity contribution in [3.8, 4) is 0 Å². The number of ether oxygens (including phenoxy) is 1. The number of Topliss-reactive ketones (excluding diaryl/α,β-unsaturated/α-hetero) is 1. The predicted octanol–water partition coefficient (Wildman–Crippen LogP) is 0.366. The Morgan fingerprint density at radius 1 is 1.41 bits per heavy atom. The standard InChI is InChI=1S/C16H15NO5/c1-3-8-22-14(19)12-9(2)17-16(21)11-7-5-4-6-10(11)13(18)15(12,16)20/h3-7,17,20-21H,1,8H2,2H3/t15-,16+/m0/s1. The van der Waals surface area contributed by atoms with E-state index in [9.17, 15) is 19.8 Å². The van der Waals surface area contributed by atoms with E-state index >= 15 is 0 Å². The number of carbonyl (C=O) groups excluding carboxylic acids is 2. The molecule has 22 heavy (non-hydrogen) atoms. The number of benzene rings is 1. The zero-order valence-corrected chi connectivity index (χ0v) is 11.9. The molecule has 1 heterocycles. The van der Waals surface area contributed by atoms with Crippen molar-refractivity contribution in [1.29, 1.82) is 0 Å². The third-order valence-corrected chi connectivity index (χ3v) is 4.06. The number of hydrogen-bond acceptors (Lipinski definition) is 6. The second kappa shape index (κ2) is 4.53. The first kappa shape index (κ1) is 14.5. The van der Waals surface area contributed by atoms with Gasteiger partial charge in [0.2, 0.25) is 17.1 Å². The summed E-state index contributed by atoms with van der Waals surface area (Å²) in [5, 5.41) is 24.5. The second-order valence-corrected chi connectivity index (χ2v) is 5.31. The number of carbonyl (C=O) groups is 2. The lowest BCUT2D eigenvalue weighted by atomic mass is 9.85. The number of ketones is 1. The van der Waals surface area contributed by atoms with Crippen molar-refractivity contribution in [2.45, 2.75) is 18.2 Å². The molecule has 0 fully saturated rings. The van der Waals surface area contributed by atoms with Crippen molar-refractivity contribution in [1.82, 2.24) is 5.32 Å².